The van der Waals surface area contributed by atoms with Crippen molar-refractivity contribution in [1.82, 2.24) is 10.3 Å². The van der Waals surface area contributed by atoms with Gasteiger partial charge in [-0.3, -0.25) is 13.9 Å². The molecule has 1 aliphatic rings. The van der Waals surface area contributed by atoms with Gasteiger partial charge in [0, 0.05) is 23.6 Å². The number of hydrogen-bond donors (Lipinski definition) is 3. The van der Waals surface area contributed by atoms with Crippen LogP contribution in [-0.4, -0.2) is 65.2 Å². The summed E-state index contributed by atoms with van der Waals surface area (Å²) in [6.07, 6.45) is 1.37. The molecular formula is C24H29N4O5S+. The van der Waals surface area contributed by atoms with Crippen molar-refractivity contribution >= 4 is 32.5 Å². The first kappa shape index (κ1) is 23.9. The van der Waals surface area contributed by atoms with Crippen molar-refractivity contribution in [3.8, 4) is 0 Å². The van der Waals surface area contributed by atoms with Crippen LogP contribution < -0.4 is 20.0 Å². The van der Waals surface area contributed by atoms with E-state index in [4.69, 9.17) is 4.74 Å². The van der Waals surface area contributed by atoms with Gasteiger partial charge in [-0.1, -0.05) is 18.2 Å². The number of aromatic amines is 1. The minimum atomic E-state index is -3.91. The molecule has 0 aliphatic carbocycles. The van der Waals surface area contributed by atoms with E-state index < -0.39 is 21.4 Å². The number of aromatic nitrogens is 1. The molecule has 0 bridgehead atoms. The fourth-order valence-electron chi connectivity index (χ4n) is 4.10. The van der Waals surface area contributed by atoms with Crippen LogP contribution in [0.4, 0.5) is 5.69 Å². The van der Waals surface area contributed by atoms with Crippen LogP contribution in [-0.2, 0) is 14.8 Å². The number of nitrogens with one attached hydrogen (secondary N) is 3. The molecule has 3 N–H and O–H groups in total. The monoisotopic (exact) mass is 485 g/mol. The number of sulfonamides is 1. The molecule has 3 aromatic rings. The van der Waals surface area contributed by atoms with E-state index in [1.807, 2.05) is 6.07 Å². The van der Waals surface area contributed by atoms with Crippen molar-refractivity contribution < 1.29 is 22.8 Å². The maximum absolute atomic E-state index is 13.4. The van der Waals surface area contributed by atoms with Gasteiger partial charge in [0.25, 0.3) is 15.9 Å². The molecule has 1 aliphatic heterocycles. The summed E-state index contributed by atoms with van der Waals surface area (Å²) in [4.78, 5) is 30.1. The quantitative estimate of drug-likeness (QED) is 0.427. The number of carbonyl (C=O) groups is 1. The lowest BCUT2D eigenvalue weighted by molar-refractivity contribution is -0.906. The molecule has 2 heterocycles. The van der Waals surface area contributed by atoms with Gasteiger partial charge in [0.1, 0.15) is 18.7 Å². The molecule has 1 aromatic heterocycles. The third kappa shape index (κ3) is 4.98. The smallest absolute Gasteiger partial charge is 0.264 e. The Kier molecular flexibility index (Phi) is 7.30. The summed E-state index contributed by atoms with van der Waals surface area (Å²) < 4.78 is 33.3. The summed E-state index contributed by atoms with van der Waals surface area (Å²) in [5.74, 6) is -0.483. The first-order valence-corrected chi connectivity index (χ1v) is 12.8. The first-order chi connectivity index (χ1) is 16.4. The van der Waals surface area contributed by atoms with Crippen molar-refractivity contribution in [2.24, 2.45) is 0 Å². The minimum Gasteiger partial charge on any atom is -0.370 e. The number of hydrogen-bond acceptors (Lipinski definition) is 5. The van der Waals surface area contributed by atoms with E-state index in [1.54, 1.807) is 37.3 Å². The van der Waals surface area contributed by atoms with Gasteiger partial charge >= 0.3 is 0 Å². The minimum absolute atomic E-state index is 0.00956. The molecule has 0 saturated carbocycles. The van der Waals surface area contributed by atoms with E-state index in [9.17, 15) is 18.0 Å². The van der Waals surface area contributed by atoms with Crippen molar-refractivity contribution in [2.45, 2.75) is 11.8 Å². The maximum Gasteiger partial charge on any atom is 0.264 e. The van der Waals surface area contributed by atoms with Crippen molar-refractivity contribution in [3.05, 3.63) is 70.5 Å². The predicted octanol–water partition coefficient (Wildman–Crippen LogP) is 0.388. The molecule has 1 amide bonds. The second kappa shape index (κ2) is 10.4. The normalized spacial score (nSPS) is 14.7. The molecule has 180 valence electrons. The van der Waals surface area contributed by atoms with Crippen LogP contribution in [0.15, 0.2) is 64.4 Å². The Morgan fingerprint density at radius 1 is 1.15 bits per heavy atom. The third-order valence-corrected chi connectivity index (χ3v) is 7.88. The zero-order valence-corrected chi connectivity index (χ0v) is 19.9. The van der Waals surface area contributed by atoms with E-state index in [-0.39, 0.29) is 22.4 Å². The molecule has 4 rings (SSSR count). The van der Waals surface area contributed by atoms with Gasteiger partial charge in [-0.15, -0.1) is 0 Å². The Balaban J connectivity index is 1.58. The van der Waals surface area contributed by atoms with Crippen LogP contribution in [0.5, 0.6) is 0 Å². The van der Waals surface area contributed by atoms with E-state index in [0.29, 0.717) is 31.0 Å². The lowest BCUT2D eigenvalue weighted by atomic mass is 10.1. The van der Waals surface area contributed by atoms with Gasteiger partial charge in [-0.25, -0.2) is 8.42 Å². The number of H-pyrrole nitrogens is 1. The molecule has 0 unspecified atom stereocenters. The number of amides is 1. The first-order valence-electron chi connectivity index (χ1n) is 11.3. The van der Waals surface area contributed by atoms with Gasteiger partial charge in [0.05, 0.1) is 36.9 Å². The van der Waals surface area contributed by atoms with Crippen LogP contribution in [0.25, 0.3) is 10.9 Å². The number of pyridine rings is 1. The van der Waals surface area contributed by atoms with E-state index in [2.05, 4.69) is 10.3 Å². The van der Waals surface area contributed by atoms with Gasteiger partial charge in [-0.05, 0) is 37.3 Å². The van der Waals surface area contributed by atoms with Gasteiger partial charge in [0.15, 0.2) is 0 Å². The Bertz CT molecular complexity index is 1320. The number of nitrogens with zero attached hydrogens (tertiary/aromatic N) is 1. The highest BCUT2D eigenvalue weighted by molar-refractivity contribution is 7.92. The number of quaternary nitrogens is 1. The fourth-order valence-corrected chi connectivity index (χ4v) is 5.60. The van der Waals surface area contributed by atoms with Crippen LogP contribution in [0, 0.1) is 0 Å². The van der Waals surface area contributed by atoms with Crippen LogP contribution in [0.3, 0.4) is 0 Å². The number of benzene rings is 2. The average Bonchev–Trinajstić information content (AvgIpc) is 2.85. The highest BCUT2D eigenvalue weighted by Crippen LogP contribution is 2.24. The number of fused-ring (bicyclic) bond motifs is 1. The lowest BCUT2D eigenvalue weighted by Gasteiger charge is -2.23. The molecule has 9 nitrogen and oxygen atoms in total. The zero-order chi connectivity index (χ0) is 24.1. The van der Waals surface area contributed by atoms with Gasteiger partial charge in [0.2, 0.25) is 5.43 Å². The van der Waals surface area contributed by atoms with Crippen LogP contribution in [0.2, 0.25) is 0 Å². The molecule has 0 spiro atoms. The molecule has 0 atom stereocenters. The SMILES string of the molecule is CCN(c1ccccc1)S(=O)(=O)c1ccc2[nH]cc(C(=O)NCC[NH+]3CCOCC3)c(=O)c2c1. The van der Waals surface area contributed by atoms with Crippen molar-refractivity contribution in [2.75, 3.05) is 50.2 Å². The Morgan fingerprint density at radius 2 is 1.88 bits per heavy atom. The summed E-state index contributed by atoms with van der Waals surface area (Å²) in [5.41, 5.74) is 0.440. The molecule has 1 saturated heterocycles. The maximum atomic E-state index is 13.4. The van der Waals surface area contributed by atoms with Crippen LogP contribution >= 0.6 is 0 Å². The van der Waals surface area contributed by atoms with E-state index in [0.717, 1.165) is 19.6 Å². The third-order valence-electron chi connectivity index (χ3n) is 5.98. The van der Waals surface area contributed by atoms with Crippen LogP contribution in [0.1, 0.15) is 17.3 Å². The number of morpholine rings is 1. The number of rotatable bonds is 8. The topological polar surface area (TPSA) is 113 Å². The molecule has 2 aromatic carbocycles. The highest BCUT2D eigenvalue weighted by atomic mass is 32.2. The Morgan fingerprint density at radius 3 is 2.59 bits per heavy atom. The number of carbonyl (C=O) groups excluding carboxylic acids is 1. The Labute approximate surface area is 198 Å². The predicted molar refractivity (Wildman–Crippen MR) is 130 cm³/mol. The van der Waals surface area contributed by atoms with Crippen molar-refractivity contribution in [3.63, 3.8) is 0 Å². The number of anilines is 1. The number of para-hydroxylation sites is 1. The standard InChI is InChI=1S/C24H28N4O5S/c1-2-28(18-6-4-3-5-7-18)34(31,32)19-8-9-22-20(16-19)23(29)21(17-26-22)24(30)25-10-11-27-12-14-33-15-13-27/h3-9,16-17H,2,10-15H2,1H3,(H,25,30)(H,26,29)/p+1. The zero-order valence-electron chi connectivity index (χ0n) is 19.0. The van der Waals surface area contributed by atoms with E-state index in [1.165, 1.54) is 27.5 Å². The second-order valence-electron chi connectivity index (χ2n) is 8.11. The molecule has 10 heteroatoms. The largest absolute Gasteiger partial charge is 0.370 e. The molecule has 1 fully saturated rings. The number of ether oxygens (including phenoxy) is 1. The highest BCUT2D eigenvalue weighted by Gasteiger charge is 2.25. The Hall–Kier alpha value is -3.21. The summed E-state index contributed by atoms with van der Waals surface area (Å²) in [6, 6.07) is 13.1. The summed E-state index contributed by atoms with van der Waals surface area (Å²) in [5, 5.41) is 2.95. The molecular weight excluding hydrogens is 456 g/mol. The summed E-state index contributed by atoms with van der Waals surface area (Å²) >= 11 is 0. The second-order valence-corrected chi connectivity index (χ2v) is 9.97. The van der Waals surface area contributed by atoms with Crippen molar-refractivity contribution in [1.29, 1.82) is 0 Å². The lowest BCUT2D eigenvalue weighted by Crippen LogP contribution is -3.14. The average molecular weight is 486 g/mol. The van der Waals surface area contributed by atoms with Gasteiger partial charge in [-0.2, -0.15) is 0 Å². The summed E-state index contributed by atoms with van der Waals surface area (Å²) in [6.45, 7) is 6.35. The molecule has 0 radical (unpaired) electrons. The fraction of sp³-hybridized carbons (Fsp3) is 0.333. The molecule has 34 heavy (non-hydrogen) atoms. The van der Waals surface area contributed by atoms with E-state index >= 15 is 0 Å². The summed E-state index contributed by atoms with van der Waals surface area (Å²) in [7, 11) is -3.91. The van der Waals surface area contributed by atoms with Gasteiger partial charge < -0.3 is 19.9 Å².